The van der Waals surface area contributed by atoms with Crippen LogP contribution in [0.5, 0.6) is 0 Å². The van der Waals surface area contributed by atoms with Crippen molar-refractivity contribution < 1.29 is 9.53 Å². The number of fused-ring (bicyclic) bond motifs is 1. The van der Waals surface area contributed by atoms with Crippen molar-refractivity contribution in [3.05, 3.63) is 24.3 Å². The van der Waals surface area contributed by atoms with Crippen LogP contribution in [0.3, 0.4) is 0 Å². The van der Waals surface area contributed by atoms with Gasteiger partial charge in [0.15, 0.2) is 0 Å². The highest BCUT2D eigenvalue weighted by Crippen LogP contribution is 2.31. The number of amides is 1. The number of likely N-dealkylation sites (N-methyl/N-ethyl adjacent to an activating group) is 1. The van der Waals surface area contributed by atoms with Crippen LogP contribution >= 0.6 is 0 Å². The third-order valence-corrected chi connectivity index (χ3v) is 2.81. The van der Waals surface area contributed by atoms with Gasteiger partial charge < -0.3 is 14.5 Å². The number of hydrogen-bond acceptors (Lipinski definition) is 3. The Balaban J connectivity index is 2.31. The first kappa shape index (κ1) is 11.0. The highest BCUT2D eigenvalue weighted by Gasteiger charge is 2.24. The minimum atomic E-state index is 0.0167. The van der Waals surface area contributed by atoms with Crippen LogP contribution in [-0.2, 0) is 9.53 Å². The van der Waals surface area contributed by atoms with Crippen LogP contribution in [0.1, 0.15) is 0 Å². The largest absolute Gasteiger partial charge is 0.375 e. The number of carbonyl (C=O) groups is 1. The van der Waals surface area contributed by atoms with E-state index in [0.29, 0.717) is 0 Å². The lowest BCUT2D eigenvalue weighted by atomic mass is 10.2. The molecule has 0 radical (unpaired) electrons. The molecule has 0 atom stereocenters. The van der Waals surface area contributed by atoms with Crippen molar-refractivity contribution in [3.63, 3.8) is 0 Å². The molecule has 1 aromatic carbocycles. The Morgan fingerprint density at radius 2 is 2.00 bits per heavy atom. The zero-order valence-electron chi connectivity index (χ0n) is 9.64. The lowest BCUT2D eigenvalue weighted by Crippen LogP contribution is -2.44. The first-order valence-electron chi connectivity index (χ1n) is 5.33. The number of nitrogens with zero attached hydrogens (tertiary/aromatic N) is 2. The molecule has 4 nitrogen and oxygen atoms in total. The molecule has 0 spiro atoms. The van der Waals surface area contributed by atoms with E-state index < -0.39 is 0 Å². The van der Waals surface area contributed by atoms with Crippen LogP contribution in [-0.4, -0.2) is 39.8 Å². The van der Waals surface area contributed by atoms with Gasteiger partial charge in [0.1, 0.15) is 6.61 Å². The van der Waals surface area contributed by atoms with Crippen LogP contribution < -0.4 is 9.80 Å². The molecule has 0 aromatic heterocycles. The third kappa shape index (κ3) is 1.88. The highest BCUT2D eigenvalue weighted by molar-refractivity contribution is 5.98. The lowest BCUT2D eigenvalue weighted by molar-refractivity contribution is -0.122. The Kier molecular flexibility index (Phi) is 3.10. The number of anilines is 2. The van der Waals surface area contributed by atoms with Crippen LogP contribution in [0, 0.1) is 0 Å². The Morgan fingerprint density at radius 1 is 1.31 bits per heavy atom. The summed E-state index contributed by atoms with van der Waals surface area (Å²) in [5.41, 5.74) is 2.07. The fourth-order valence-corrected chi connectivity index (χ4v) is 1.97. The summed E-state index contributed by atoms with van der Waals surface area (Å²) in [6.07, 6.45) is 0. The van der Waals surface area contributed by atoms with Crippen molar-refractivity contribution in [2.75, 3.05) is 43.7 Å². The van der Waals surface area contributed by atoms with E-state index in [-0.39, 0.29) is 12.5 Å². The maximum atomic E-state index is 11.8. The lowest BCUT2D eigenvalue weighted by Gasteiger charge is -2.35. The molecule has 0 aliphatic carbocycles. The molecule has 0 saturated heterocycles. The number of hydrogen-bond donors (Lipinski definition) is 0. The van der Waals surface area contributed by atoms with Gasteiger partial charge in [-0.15, -0.1) is 0 Å². The molecule has 86 valence electrons. The highest BCUT2D eigenvalue weighted by atomic mass is 16.5. The molecule has 1 aromatic rings. The summed E-state index contributed by atoms with van der Waals surface area (Å²) in [6.45, 7) is 1.71. The number of para-hydroxylation sites is 2. The fraction of sp³-hybridized carbons (Fsp3) is 0.417. The fourth-order valence-electron chi connectivity index (χ4n) is 1.97. The molecule has 1 amide bonds. The Bertz CT molecular complexity index is 392. The molecular weight excluding hydrogens is 204 g/mol. The van der Waals surface area contributed by atoms with Gasteiger partial charge in [-0.25, -0.2) is 0 Å². The second-order valence-corrected chi connectivity index (χ2v) is 3.89. The standard InChI is InChI=1S/C12H16N2O2/c1-13-7-8-14(12(15)9-16-2)11-6-4-3-5-10(11)13/h3-6H,7-9H2,1-2H3. The Labute approximate surface area is 95.4 Å². The first-order valence-corrected chi connectivity index (χ1v) is 5.33. The van der Waals surface area contributed by atoms with E-state index in [1.165, 1.54) is 0 Å². The van der Waals surface area contributed by atoms with Crippen LogP contribution in [0.2, 0.25) is 0 Å². The van der Waals surface area contributed by atoms with Gasteiger partial charge >= 0.3 is 0 Å². The predicted molar refractivity (Wildman–Crippen MR) is 63.9 cm³/mol. The summed E-state index contributed by atoms with van der Waals surface area (Å²) in [4.78, 5) is 15.8. The predicted octanol–water partition coefficient (Wildman–Crippen LogP) is 1.12. The smallest absolute Gasteiger partial charge is 0.253 e. The van der Waals surface area contributed by atoms with Gasteiger partial charge in [0, 0.05) is 27.2 Å². The summed E-state index contributed by atoms with van der Waals surface area (Å²) in [5.74, 6) is 0.0167. The number of carbonyl (C=O) groups excluding carboxylic acids is 1. The quantitative estimate of drug-likeness (QED) is 0.748. The molecule has 16 heavy (non-hydrogen) atoms. The third-order valence-electron chi connectivity index (χ3n) is 2.81. The monoisotopic (exact) mass is 220 g/mol. The molecule has 0 saturated carbocycles. The molecule has 0 fully saturated rings. The van der Waals surface area contributed by atoms with Gasteiger partial charge in [0.25, 0.3) is 5.91 Å². The maximum Gasteiger partial charge on any atom is 0.253 e. The van der Waals surface area contributed by atoms with Crippen molar-refractivity contribution in [2.45, 2.75) is 0 Å². The SMILES string of the molecule is COCC(=O)N1CCN(C)c2ccccc21. The van der Waals surface area contributed by atoms with Crippen molar-refractivity contribution in [2.24, 2.45) is 0 Å². The summed E-state index contributed by atoms with van der Waals surface area (Å²) in [7, 11) is 3.58. The molecule has 0 unspecified atom stereocenters. The number of ether oxygens (including phenoxy) is 1. The minimum Gasteiger partial charge on any atom is -0.375 e. The van der Waals surface area contributed by atoms with Crippen molar-refractivity contribution in [1.82, 2.24) is 0 Å². The van der Waals surface area contributed by atoms with E-state index in [1.807, 2.05) is 31.3 Å². The summed E-state index contributed by atoms with van der Waals surface area (Å²) in [6, 6.07) is 7.94. The van der Waals surface area contributed by atoms with Gasteiger partial charge in [0.2, 0.25) is 0 Å². The second-order valence-electron chi connectivity index (χ2n) is 3.89. The maximum absolute atomic E-state index is 11.8. The summed E-state index contributed by atoms with van der Waals surface area (Å²) in [5, 5.41) is 0. The molecule has 1 aliphatic rings. The molecule has 4 heteroatoms. The first-order chi connectivity index (χ1) is 7.74. The molecule has 0 N–H and O–H groups in total. The molecular formula is C12H16N2O2. The van der Waals surface area contributed by atoms with Crippen LogP contribution in [0.4, 0.5) is 11.4 Å². The van der Waals surface area contributed by atoms with Crippen LogP contribution in [0.25, 0.3) is 0 Å². The Hall–Kier alpha value is -1.55. The van der Waals surface area contributed by atoms with Crippen molar-refractivity contribution >= 4 is 17.3 Å². The zero-order chi connectivity index (χ0) is 11.5. The van der Waals surface area contributed by atoms with E-state index in [4.69, 9.17) is 4.74 Å². The molecule has 0 bridgehead atoms. The van der Waals surface area contributed by atoms with Gasteiger partial charge in [-0.05, 0) is 12.1 Å². The molecule has 1 aliphatic heterocycles. The second kappa shape index (κ2) is 4.53. The van der Waals surface area contributed by atoms with Gasteiger partial charge in [-0.2, -0.15) is 0 Å². The van der Waals surface area contributed by atoms with E-state index in [1.54, 1.807) is 12.0 Å². The molecule has 2 rings (SSSR count). The summed E-state index contributed by atoms with van der Waals surface area (Å²) < 4.78 is 4.89. The van der Waals surface area contributed by atoms with Crippen molar-refractivity contribution in [1.29, 1.82) is 0 Å². The normalized spacial score (nSPS) is 14.9. The Morgan fingerprint density at radius 3 is 2.69 bits per heavy atom. The average Bonchev–Trinajstić information content (AvgIpc) is 2.30. The van der Waals surface area contributed by atoms with Gasteiger partial charge in [-0.1, -0.05) is 12.1 Å². The van der Waals surface area contributed by atoms with Crippen molar-refractivity contribution in [3.8, 4) is 0 Å². The van der Waals surface area contributed by atoms with E-state index in [0.717, 1.165) is 24.5 Å². The van der Waals surface area contributed by atoms with Crippen LogP contribution in [0.15, 0.2) is 24.3 Å². The van der Waals surface area contributed by atoms with Gasteiger partial charge in [-0.3, -0.25) is 4.79 Å². The van der Waals surface area contributed by atoms with Gasteiger partial charge in [0.05, 0.1) is 11.4 Å². The summed E-state index contributed by atoms with van der Waals surface area (Å²) >= 11 is 0. The topological polar surface area (TPSA) is 32.8 Å². The zero-order valence-corrected chi connectivity index (χ0v) is 9.64. The minimum absolute atomic E-state index is 0.0167. The number of methoxy groups -OCH3 is 1. The number of rotatable bonds is 2. The van der Waals surface area contributed by atoms with E-state index >= 15 is 0 Å². The average molecular weight is 220 g/mol. The van der Waals surface area contributed by atoms with E-state index in [9.17, 15) is 4.79 Å². The molecule has 1 heterocycles. The van der Waals surface area contributed by atoms with E-state index in [2.05, 4.69) is 4.90 Å². The number of benzene rings is 1.